The van der Waals surface area contributed by atoms with Gasteiger partial charge in [0.15, 0.2) is 0 Å². The van der Waals surface area contributed by atoms with E-state index in [9.17, 15) is 0 Å². The van der Waals surface area contributed by atoms with Gasteiger partial charge in [-0.2, -0.15) is 0 Å². The summed E-state index contributed by atoms with van der Waals surface area (Å²) in [5, 5.41) is 41.9. The molecule has 0 fully saturated rings. The maximum atomic E-state index is 8.51. The van der Waals surface area contributed by atoms with Crippen molar-refractivity contribution < 1.29 is 35.0 Å². The van der Waals surface area contributed by atoms with Crippen molar-refractivity contribution in [3.63, 3.8) is 0 Å². The van der Waals surface area contributed by atoms with Crippen LogP contribution in [0.15, 0.2) is 0 Å². The maximum Gasteiger partial charge on any atom is 0.0701 e. The van der Waals surface area contributed by atoms with Gasteiger partial charge in [-0.1, -0.05) is 0 Å². The standard InChI is InChI=1S/C6H14O4.C6H14O3/c7-1-3-9-5-6-10-4-2-8;7-3-1-2-6(4-8)5-9/h7-8H,1-6H2;6-9H,1-5H2. The Bertz CT molecular complexity index is 134. The first-order valence-corrected chi connectivity index (χ1v) is 6.46. The molecule has 0 radical (unpaired) electrons. The van der Waals surface area contributed by atoms with E-state index in [1.54, 1.807) is 0 Å². The molecular weight excluding hydrogens is 256 g/mol. The summed E-state index contributed by atoms with van der Waals surface area (Å²) in [5.74, 6) is -0.0443. The van der Waals surface area contributed by atoms with Crippen LogP contribution < -0.4 is 0 Å². The molecule has 0 aromatic rings. The van der Waals surface area contributed by atoms with Gasteiger partial charge in [-0.25, -0.2) is 0 Å². The van der Waals surface area contributed by atoms with Gasteiger partial charge in [0.25, 0.3) is 0 Å². The van der Waals surface area contributed by atoms with Crippen LogP contribution >= 0.6 is 0 Å². The fraction of sp³-hybridized carbons (Fsp3) is 1.00. The molecule has 0 bridgehead atoms. The second kappa shape index (κ2) is 20.0. The first-order valence-electron chi connectivity index (χ1n) is 6.46. The van der Waals surface area contributed by atoms with Crippen LogP contribution in [0.25, 0.3) is 0 Å². The second-order valence-corrected chi connectivity index (χ2v) is 3.77. The molecule has 0 unspecified atom stereocenters. The summed E-state index contributed by atoms with van der Waals surface area (Å²) in [4.78, 5) is 0. The third-order valence-electron chi connectivity index (χ3n) is 2.13. The van der Waals surface area contributed by atoms with Gasteiger partial charge in [0.2, 0.25) is 0 Å². The third-order valence-corrected chi connectivity index (χ3v) is 2.13. The van der Waals surface area contributed by atoms with E-state index < -0.39 is 0 Å². The normalized spacial score (nSPS) is 10.4. The molecule has 0 spiro atoms. The first-order chi connectivity index (χ1) is 9.26. The second-order valence-electron chi connectivity index (χ2n) is 3.77. The van der Waals surface area contributed by atoms with Crippen LogP contribution in [0.1, 0.15) is 12.8 Å². The van der Waals surface area contributed by atoms with Crippen molar-refractivity contribution in [2.75, 3.05) is 59.5 Å². The van der Waals surface area contributed by atoms with Gasteiger partial charge in [0.05, 0.1) is 39.6 Å². The zero-order valence-corrected chi connectivity index (χ0v) is 11.4. The molecular formula is C12H28O7. The van der Waals surface area contributed by atoms with Crippen molar-refractivity contribution in [1.29, 1.82) is 0 Å². The van der Waals surface area contributed by atoms with E-state index in [-0.39, 0.29) is 39.0 Å². The highest BCUT2D eigenvalue weighted by Crippen LogP contribution is 2.02. The third kappa shape index (κ3) is 20.2. The lowest BCUT2D eigenvalue weighted by atomic mass is 10.1. The van der Waals surface area contributed by atoms with Crippen LogP contribution in [0.5, 0.6) is 0 Å². The number of aliphatic hydroxyl groups is 5. The number of aliphatic hydroxyl groups excluding tert-OH is 5. The van der Waals surface area contributed by atoms with Gasteiger partial charge in [0.1, 0.15) is 0 Å². The monoisotopic (exact) mass is 284 g/mol. The highest BCUT2D eigenvalue weighted by atomic mass is 16.5. The highest BCUT2D eigenvalue weighted by Gasteiger charge is 2.03. The molecule has 0 saturated heterocycles. The molecule has 118 valence electrons. The Balaban J connectivity index is 0. The molecule has 0 aliphatic carbocycles. The van der Waals surface area contributed by atoms with Gasteiger partial charge in [-0.05, 0) is 12.8 Å². The van der Waals surface area contributed by atoms with Gasteiger partial charge in [-0.3, -0.25) is 0 Å². The van der Waals surface area contributed by atoms with Crippen LogP contribution in [0.3, 0.4) is 0 Å². The Morgan fingerprint density at radius 1 is 0.632 bits per heavy atom. The molecule has 0 saturated carbocycles. The van der Waals surface area contributed by atoms with Crippen LogP contribution in [0.2, 0.25) is 0 Å². The van der Waals surface area contributed by atoms with Crippen LogP contribution in [0, 0.1) is 5.92 Å². The molecule has 0 amide bonds. The minimum atomic E-state index is -0.0443. The van der Waals surface area contributed by atoms with E-state index in [4.69, 9.17) is 35.0 Å². The minimum Gasteiger partial charge on any atom is -0.396 e. The number of hydrogen-bond acceptors (Lipinski definition) is 7. The molecule has 0 aromatic carbocycles. The summed E-state index contributed by atoms with van der Waals surface area (Å²) < 4.78 is 9.75. The van der Waals surface area contributed by atoms with E-state index in [0.717, 1.165) is 0 Å². The molecule has 7 heteroatoms. The average Bonchev–Trinajstić information content (AvgIpc) is 2.45. The zero-order valence-electron chi connectivity index (χ0n) is 11.4. The molecule has 19 heavy (non-hydrogen) atoms. The van der Waals surface area contributed by atoms with Gasteiger partial charge >= 0.3 is 0 Å². The van der Waals surface area contributed by atoms with E-state index >= 15 is 0 Å². The Kier molecular flexibility index (Phi) is 22.2. The van der Waals surface area contributed by atoms with Crippen molar-refractivity contribution in [1.82, 2.24) is 0 Å². The van der Waals surface area contributed by atoms with E-state index in [2.05, 4.69) is 0 Å². The predicted molar refractivity (Wildman–Crippen MR) is 69.8 cm³/mol. The van der Waals surface area contributed by atoms with Crippen molar-refractivity contribution >= 4 is 0 Å². The van der Waals surface area contributed by atoms with Gasteiger partial charge < -0.3 is 35.0 Å². The quantitative estimate of drug-likeness (QED) is 0.273. The Labute approximate surface area is 114 Å². The van der Waals surface area contributed by atoms with Gasteiger partial charge in [0, 0.05) is 25.7 Å². The SMILES string of the molecule is OCCCC(CO)CO.OCCOCCOCCO. The lowest BCUT2D eigenvalue weighted by molar-refractivity contribution is 0.0222. The average molecular weight is 284 g/mol. The summed E-state index contributed by atoms with van der Waals surface area (Å²) in [6, 6.07) is 0. The topological polar surface area (TPSA) is 120 Å². The Hall–Kier alpha value is -0.280. The minimum absolute atomic E-state index is 0.0104. The van der Waals surface area contributed by atoms with Crippen molar-refractivity contribution in [2.24, 2.45) is 5.92 Å². The summed E-state index contributed by atoms with van der Waals surface area (Å²) in [6.45, 7) is 1.88. The van der Waals surface area contributed by atoms with E-state index in [0.29, 0.717) is 39.3 Å². The van der Waals surface area contributed by atoms with Crippen LogP contribution in [-0.4, -0.2) is 85.0 Å². The summed E-state index contributed by atoms with van der Waals surface area (Å²) in [5.41, 5.74) is 0. The highest BCUT2D eigenvalue weighted by molar-refractivity contribution is 4.53. The Morgan fingerprint density at radius 3 is 1.42 bits per heavy atom. The molecule has 0 atom stereocenters. The van der Waals surface area contributed by atoms with Crippen LogP contribution in [0.4, 0.5) is 0 Å². The number of hydrogen-bond donors (Lipinski definition) is 5. The lowest BCUT2D eigenvalue weighted by Crippen LogP contribution is -2.11. The first kappa shape index (κ1) is 21.0. The number of ether oxygens (including phenoxy) is 2. The van der Waals surface area contributed by atoms with Crippen molar-refractivity contribution in [3.8, 4) is 0 Å². The summed E-state index contributed by atoms with van der Waals surface area (Å²) in [7, 11) is 0. The van der Waals surface area contributed by atoms with Gasteiger partial charge in [-0.15, -0.1) is 0 Å². The molecule has 0 aromatic heterocycles. The smallest absolute Gasteiger partial charge is 0.0701 e. The summed E-state index contributed by atoms with van der Waals surface area (Å²) >= 11 is 0. The zero-order chi connectivity index (χ0) is 14.8. The fourth-order valence-electron chi connectivity index (χ4n) is 1.07. The molecule has 0 aliphatic heterocycles. The Morgan fingerprint density at radius 2 is 1.11 bits per heavy atom. The molecule has 0 aliphatic rings. The molecule has 0 rings (SSSR count). The number of rotatable bonds is 12. The molecule has 0 heterocycles. The fourth-order valence-corrected chi connectivity index (χ4v) is 1.07. The van der Waals surface area contributed by atoms with E-state index in [1.807, 2.05) is 0 Å². The maximum absolute atomic E-state index is 8.51. The molecule has 5 N–H and O–H groups in total. The predicted octanol–water partition coefficient (Wildman–Crippen LogP) is -1.64. The van der Waals surface area contributed by atoms with E-state index in [1.165, 1.54) is 0 Å². The largest absolute Gasteiger partial charge is 0.396 e. The molecule has 7 nitrogen and oxygen atoms in total. The summed E-state index contributed by atoms with van der Waals surface area (Å²) in [6.07, 6.45) is 1.36. The van der Waals surface area contributed by atoms with Crippen molar-refractivity contribution in [3.05, 3.63) is 0 Å². The lowest BCUT2D eigenvalue weighted by Gasteiger charge is -2.07. The van der Waals surface area contributed by atoms with Crippen molar-refractivity contribution in [2.45, 2.75) is 12.8 Å². The van der Waals surface area contributed by atoms with Crippen LogP contribution in [-0.2, 0) is 9.47 Å².